The van der Waals surface area contributed by atoms with Gasteiger partial charge in [0.05, 0.1) is 5.41 Å². The molecule has 3 heteroatoms. The Bertz CT molecular complexity index is 1950. The highest BCUT2D eigenvalue weighted by molar-refractivity contribution is 5.85. The Morgan fingerprint density at radius 2 is 1.25 bits per heavy atom. The summed E-state index contributed by atoms with van der Waals surface area (Å²) in [5.74, 6) is 0.817. The maximum atomic E-state index is 4.51. The Morgan fingerprint density at radius 1 is 0.698 bits per heavy atom. The van der Waals surface area contributed by atoms with E-state index in [4.69, 9.17) is 0 Å². The smallest absolute Gasteiger partial charge is 0.0710 e. The van der Waals surface area contributed by atoms with Gasteiger partial charge in [-0.1, -0.05) is 170 Å². The molecule has 4 aliphatic rings. The molecule has 8 rings (SSSR count). The van der Waals surface area contributed by atoms with Crippen LogP contribution in [0.3, 0.4) is 0 Å². The van der Waals surface area contributed by atoms with Gasteiger partial charge in [0, 0.05) is 12.4 Å². The summed E-state index contributed by atoms with van der Waals surface area (Å²) in [5.41, 5.74) is 21.5. The standard InChI is InChI=1S/C30H25N.C11H12.C7H8.2CH5N/c1-22-12-9-10-20-31-21-19-28-29(23(22)2)26-17-11-18-27(26)30(28,24-13-5-3-6-14-24)25-15-7-4-8-16-25;1-2-5-10(6-3-1)9-11-7-4-8-11;1-7-5-3-2-4-6-7;2*1-2/h3-16,18-21H,1,17H2,2H3;1-7,11H,8-9H2;2-6H,1H3;2*2H2,1H3/b12-9-,20-10-,28-19+,29-23+,31-21+;;;;. The minimum atomic E-state index is -0.380. The zero-order valence-corrected chi connectivity index (χ0v) is 31.8. The summed E-state index contributed by atoms with van der Waals surface area (Å²) >= 11 is 0. The number of hydrogen-bond donors (Lipinski definition) is 2. The van der Waals surface area contributed by atoms with Crippen LogP contribution in [0.4, 0.5) is 0 Å². The van der Waals surface area contributed by atoms with Crippen molar-refractivity contribution < 1.29 is 0 Å². The third kappa shape index (κ3) is 9.84. The van der Waals surface area contributed by atoms with E-state index in [0.717, 1.165) is 17.9 Å². The van der Waals surface area contributed by atoms with Crippen LogP contribution in [0.5, 0.6) is 0 Å². The molecule has 0 fully saturated rings. The molecule has 0 aromatic heterocycles. The summed E-state index contributed by atoms with van der Waals surface area (Å²) in [6.45, 7) is 8.66. The molecule has 3 nitrogen and oxygen atoms in total. The highest BCUT2D eigenvalue weighted by atomic mass is 14.7. The molecule has 0 spiro atoms. The SMILES string of the molecule is C1=CC(Cc2ccccc2)C1.C=C1\C=C/C=C\N=C\C=C2/C(=C/1C)C1=C(C=CC1)C2(c1ccccc1)c1ccccc1.CN.CN.Cc1ccccc1. The minimum Gasteiger partial charge on any atom is -0.333 e. The molecule has 0 saturated carbocycles. The summed E-state index contributed by atoms with van der Waals surface area (Å²) in [7, 11) is 3.00. The minimum absolute atomic E-state index is 0.380. The van der Waals surface area contributed by atoms with E-state index in [1.807, 2.05) is 42.8 Å². The summed E-state index contributed by atoms with van der Waals surface area (Å²) in [6.07, 6.45) is 24.6. The fourth-order valence-corrected chi connectivity index (χ4v) is 7.05. The van der Waals surface area contributed by atoms with Gasteiger partial charge in [0.25, 0.3) is 0 Å². The van der Waals surface area contributed by atoms with Crippen molar-refractivity contribution in [3.8, 4) is 0 Å². The monoisotopic (exact) mass is 697 g/mol. The van der Waals surface area contributed by atoms with Crippen LogP contribution in [-0.2, 0) is 11.8 Å². The van der Waals surface area contributed by atoms with Crippen LogP contribution < -0.4 is 11.5 Å². The molecule has 4 aromatic carbocycles. The van der Waals surface area contributed by atoms with E-state index in [2.05, 4.69) is 176 Å². The highest BCUT2D eigenvalue weighted by Crippen LogP contribution is 2.59. The number of hydrogen-bond acceptors (Lipinski definition) is 3. The predicted octanol–water partition coefficient (Wildman–Crippen LogP) is 11.1. The number of allylic oxidation sites excluding steroid dienone is 14. The first-order valence-electron chi connectivity index (χ1n) is 18.5. The average Bonchev–Trinajstić information content (AvgIpc) is 3.78. The predicted molar refractivity (Wildman–Crippen MR) is 230 cm³/mol. The van der Waals surface area contributed by atoms with E-state index >= 15 is 0 Å². The lowest BCUT2D eigenvalue weighted by atomic mass is 9.66. The topological polar surface area (TPSA) is 64.4 Å². The molecule has 0 radical (unpaired) electrons. The lowest BCUT2D eigenvalue weighted by Crippen LogP contribution is -2.29. The third-order valence-electron chi connectivity index (χ3n) is 9.62. The van der Waals surface area contributed by atoms with Gasteiger partial charge >= 0.3 is 0 Å². The van der Waals surface area contributed by atoms with Gasteiger partial charge in [-0.2, -0.15) is 0 Å². The first-order valence-corrected chi connectivity index (χ1v) is 18.5. The molecule has 4 N–H and O–H groups in total. The van der Waals surface area contributed by atoms with Crippen LogP contribution in [0.25, 0.3) is 0 Å². The maximum absolute atomic E-state index is 4.51. The Labute approximate surface area is 318 Å². The lowest BCUT2D eigenvalue weighted by Gasteiger charge is -2.35. The first-order chi connectivity index (χ1) is 26.1. The van der Waals surface area contributed by atoms with Crippen molar-refractivity contribution in [2.24, 2.45) is 22.4 Å². The fourth-order valence-electron chi connectivity index (χ4n) is 7.05. The molecule has 53 heavy (non-hydrogen) atoms. The second-order valence-electron chi connectivity index (χ2n) is 12.9. The first kappa shape index (κ1) is 40.2. The molecule has 1 aliphatic heterocycles. The van der Waals surface area contributed by atoms with Gasteiger partial charge in [-0.15, -0.1) is 0 Å². The average molecular weight is 698 g/mol. The molecule has 0 amide bonds. The molecule has 0 bridgehead atoms. The van der Waals surface area contributed by atoms with Crippen molar-refractivity contribution in [3.05, 3.63) is 238 Å². The van der Waals surface area contributed by atoms with Gasteiger partial charge in [-0.3, -0.25) is 4.99 Å². The van der Waals surface area contributed by atoms with E-state index in [1.54, 1.807) is 0 Å². The normalized spacial score (nSPS) is 21.3. The van der Waals surface area contributed by atoms with Crippen LogP contribution in [-0.4, -0.2) is 20.3 Å². The lowest BCUT2D eigenvalue weighted by molar-refractivity contribution is 0.608. The maximum Gasteiger partial charge on any atom is 0.0710 e. The zero-order valence-electron chi connectivity index (χ0n) is 31.8. The van der Waals surface area contributed by atoms with Crippen molar-refractivity contribution in [2.75, 3.05) is 14.1 Å². The summed E-state index contributed by atoms with van der Waals surface area (Å²) in [6, 6.07) is 42.7. The van der Waals surface area contributed by atoms with Crippen molar-refractivity contribution in [3.63, 3.8) is 0 Å². The number of benzene rings is 4. The number of aliphatic imine (C=N–C) groups is 1. The highest BCUT2D eigenvalue weighted by Gasteiger charge is 2.50. The molecule has 3 aliphatic carbocycles. The number of nitrogens with zero attached hydrogens (tertiary/aromatic N) is 1. The van der Waals surface area contributed by atoms with Crippen molar-refractivity contribution >= 4 is 6.21 Å². The Hall–Kier alpha value is -5.61. The molecular weight excluding hydrogens is 643 g/mol. The van der Waals surface area contributed by atoms with Crippen LogP contribution in [0, 0.1) is 12.8 Å². The Balaban J connectivity index is 0.000000232. The van der Waals surface area contributed by atoms with Gasteiger partial charge in [-0.05, 0) is 115 Å². The quantitative estimate of drug-likeness (QED) is 0.209. The molecule has 4 aromatic rings. The Kier molecular flexibility index (Phi) is 15.9. The fraction of sp³-hybridized carbons (Fsp3) is 0.180. The number of fused-ring (bicyclic) bond motifs is 2. The molecular formula is C50H55N3. The van der Waals surface area contributed by atoms with Gasteiger partial charge < -0.3 is 11.5 Å². The van der Waals surface area contributed by atoms with Crippen LogP contribution in [0.15, 0.2) is 221 Å². The molecule has 270 valence electrons. The van der Waals surface area contributed by atoms with E-state index in [1.165, 1.54) is 77.1 Å². The zero-order chi connectivity index (χ0) is 37.9. The van der Waals surface area contributed by atoms with E-state index in [9.17, 15) is 0 Å². The van der Waals surface area contributed by atoms with Gasteiger partial charge in [-0.25, -0.2) is 0 Å². The van der Waals surface area contributed by atoms with E-state index < -0.39 is 0 Å². The summed E-state index contributed by atoms with van der Waals surface area (Å²) in [4.78, 5) is 4.51. The number of aryl methyl sites for hydroxylation is 1. The van der Waals surface area contributed by atoms with E-state index in [-0.39, 0.29) is 5.41 Å². The van der Waals surface area contributed by atoms with Gasteiger partial charge in [0.15, 0.2) is 0 Å². The summed E-state index contributed by atoms with van der Waals surface area (Å²) < 4.78 is 0. The van der Waals surface area contributed by atoms with Gasteiger partial charge in [0.1, 0.15) is 0 Å². The largest absolute Gasteiger partial charge is 0.333 e. The van der Waals surface area contributed by atoms with Crippen LogP contribution in [0.2, 0.25) is 0 Å². The Morgan fingerprint density at radius 3 is 1.75 bits per heavy atom. The second-order valence-corrected chi connectivity index (χ2v) is 12.9. The van der Waals surface area contributed by atoms with Crippen molar-refractivity contribution in [2.45, 2.75) is 38.5 Å². The van der Waals surface area contributed by atoms with Crippen molar-refractivity contribution in [1.29, 1.82) is 0 Å². The third-order valence-corrected chi connectivity index (χ3v) is 9.62. The molecule has 0 saturated heterocycles. The number of nitrogens with two attached hydrogens (primary N) is 2. The van der Waals surface area contributed by atoms with Crippen LogP contribution in [0.1, 0.15) is 42.0 Å². The van der Waals surface area contributed by atoms with E-state index in [0.29, 0.717) is 0 Å². The second kappa shape index (κ2) is 21.0. The van der Waals surface area contributed by atoms with Gasteiger partial charge in [0.2, 0.25) is 0 Å². The van der Waals surface area contributed by atoms with Crippen molar-refractivity contribution in [1.82, 2.24) is 0 Å². The van der Waals surface area contributed by atoms with Crippen LogP contribution >= 0.6 is 0 Å². The number of rotatable bonds is 4. The molecule has 1 unspecified atom stereocenters. The molecule has 1 atom stereocenters. The summed E-state index contributed by atoms with van der Waals surface area (Å²) in [5, 5.41) is 0. The molecule has 1 heterocycles.